The van der Waals surface area contributed by atoms with Crippen molar-refractivity contribution in [3.8, 4) is 0 Å². The first-order valence-corrected chi connectivity index (χ1v) is 5.50. The van der Waals surface area contributed by atoms with Crippen LogP contribution in [0.4, 0.5) is 0 Å². The molecule has 1 aromatic heterocycles. The summed E-state index contributed by atoms with van der Waals surface area (Å²) in [5, 5.41) is 11.2. The van der Waals surface area contributed by atoms with E-state index in [1.54, 1.807) is 6.20 Å². The van der Waals surface area contributed by atoms with E-state index >= 15 is 0 Å². The van der Waals surface area contributed by atoms with E-state index in [4.69, 9.17) is 4.74 Å². The topological polar surface area (TPSA) is 47.0 Å². The third kappa shape index (κ3) is 3.57. The molecule has 1 N–H and O–H groups in total. The van der Waals surface area contributed by atoms with Gasteiger partial charge in [0.1, 0.15) is 0 Å². The summed E-state index contributed by atoms with van der Waals surface area (Å²) in [5.74, 6) is 0.662. The highest BCUT2D eigenvalue weighted by Gasteiger charge is 2.12. The SMILES string of the molecule is c1cnnc(CNCC2CCCOC2)c1. The van der Waals surface area contributed by atoms with Crippen LogP contribution in [0, 0.1) is 5.92 Å². The molecule has 2 heterocycles. The molecule has 1 unspecified atom stereocenters. The van der Waals surface area contributed by atoms with Gasteiger partial charge in [0.2, 0.25) is 0 Å². The van der Waals surface area contributed by atoms with Gasteiger partial charge in [0.05, 0.1) is 12.3 Å². The lowest BCUT2D eigenvalue weighted by Gasteiger charge is -2.22. The highest BCUT2D eigenvalue weighted by atomic mass is 16.5. The van der Waals surface area contributed by atoms with Crippen molar-refractivity contribution in [3.63, 3.8) is 0 Å². The number of hydrogen-bond acceptors (Lipinski definition) is 4. The summed E-state index contributed by atoms with van der Waals surface area (Å²) in [7, 11) is 0. The monoisotopic (exact) mass is 207 g/mol. The van der Waals surface area contributed by atoms with Crippen molar-refractivity contribution in [3.05, 3.63) is 24.0 Å². The van der Waals surface area contributed by atoms with Gasteiger partial charge in [-0.25, -0.2) is 0 Å². The number of ether oxygens (including phenoxy) is 1. The second-order valence-corrected chi connectivity index (χ2v) is 3.93. The van der Waals surface area contributed by atoms with Crippen molar-refractivity contribution in [1.82, 2.24) is 15.5 Å². The Bertz CT molecular complexity index is 272. The van der Waals surface area contributed by atoms with Crippen LogP contribution in [0.2, 0.25) is 0 Å². The van der Waals surface area contributed by atoms with Crippen LogP contribution in [0.15, 0.2) is 18.3 Å². The second-order valence-electron chi connectivity index (χ2n) is 3.93. The maximum absolute atomic E-state index is 5.42. The van der Waals surface area contributed by atoms with Crippen LogP contribution in [-0.2, 0) is 11.3 Å². The average Bonchev–Trinajstić information content (AvgIpc) is 2.32. The van der Waals surface area contributed by atoms with E-state index in [1.807, 2.05) is 12.1 Å². The highest BCUT2D eigenvalue weighted by Crippen LogP contribution is 2.12. The molecule has 0 bridgehead atoms. The van der Waals surface area contributed by atoms with Crippen molar-refractivity contribution >= 4 is 0 Å². The van der Waals surface area contributed by atoms with Crippen molar-refractivity contribution in [2.24, 2.45) is 5.92 Å². The van der Waals surface area contributed by atoms with Crippen LogP contribution >= 0.6 is 0 Å². The fourth-order valence-corrected chi connectivity index (χ4v) is 1.80. The maximum Gasteiger partial charge on any atom is 0.0768 e. The Morgan fingerprint density at radius 3 is 3.27 bits per heavy atom. The number of hydrogen-bond donors (Lipinski definition) is 1. The summed E-state index contributed by atoms with van der Waals surface area (Å²) in [5.41, 5.74) is 0.995. The Labute approximate surface area is 90.1 Å². The van der Waals surface area contributed by atoms with E-state index < -0.39 is 0 Å². The molecule has 0 amide bonds. The smallest absolute Gasteiger partial charge is 0.0768 e. The number of nitrogens with one attached hydrogen (secondary N) is 1. The molecule has 1 saturated heterocycles. The van der Waals surface area contributed by atoms with Gasteiger partial charge in [-0.05, 0) is 30.9 Å². The zero-order valence-electron chi connectivity index (χ0n) is 8.85. The van der Waals surface area contributed by atoms with E-state index in [-0.39, 0.29) is 0 Å². The predicted octanol–water partition coefficient (Wildman–Crippen LogP) is 0.993. The lowest BCUT2D eigenvalue weighted by molar-refractivity contribution is 0.0547. The maximum atomic E-state index is 5.42. The second kappa shape index (κ2) is 5.78. The largest absolute Gasteiger partial charge is 0.381 e. The van der Waals surface area contributed by atoms with Gasteiger partial charge in [-0.1, -0.05) is 0 Å². The molecule has 0 aliphatic carbocycles. The van der Waals surface area contributed by atoms with Gasteiger partial charge in [0.15, 0.2) is 0 Å². The molecule has 0 aromatic carbocycles. The molecule has 1 aliphatic rings. The van der Waals surface area contributed by atoms with Gasteiger partial charge in [0, 0.05) is 25.9 Å². The number of rotatable bonds is 4. The first-order valence-electron chi connectivity index (χ1n) is 5.50. The van der Waals surface area contributed by atoms with Crippen LogP contribution in [0.5, 0.6) is 0 Å². The molecule has 15 heavy (non-hydrogen) atoms. The number of nitrogens with zero attached hydrogens (tertiary/aromatic N) is 2. The van der Waals surface area contributed by atoms with Crippen LogP contribution < -0.4 is 5.32 Å². The summed E-state index contributed by atoms with van der Waals surface area (Å²) in [6.45, 7) is 3.63. The molecule has 0 spiro atoms. The third-order valence-corrected chi connectivity index (χ3v) is 2.62. The van der Waals surface area contributed by atoms with Crippen molar-refractivity contribution in [2.45, 2.75) is 19.4 Å². The molecule has 82 valence electrons. The zero-order valence-corrected chi connectivity index (χ0v) is 8.85. The van der Waals surface area contributed by atoms with Crippen molar-refractivity contribution in [1.29, 1.82) is 0 Å². The van der Waals surface area contributed by atoms with E-state index in [9.17, 15) is 0 Å². The Kier molecular flexibility index (Phi) is 4.05. The molecule has 4 nitrogen and oxygen atoms in total. The van der Waals surface area contributed by atoms with Gasteiger partial charge >= 0.3 is 0 Å². The van der Waals surface area contributed by atoms with Crippen molar-refractivity contribution in [2.75, 3.05) is 19.8 Å². The summed E-state index contributed by atoms with van der Waals surface area (Å²) in [6.07, 6.45) is 4.16. The van der Waals surface area contributed by atoms with Crippen molar-refractivity contribution < 1.29 is 4.74 Å². The fourth-order valence-electron chi connectivity index (χ4n) is 1.80. The standard InChI is InChI=1S/C11H17N3O/c1-4-11(14-13-5-1)8-12-7-10-3-2-6-15-9-10/h1,4-5,10,12H,2-3,6-9H2. The minimum Gasteiger partial charge on any atom is -0.381 e. The lowest BCUT2D eigenvalue weighted by Crippen LogP contribution is -2.29. The minimum absolute atomic E-state index is 0.662. The molecule has 0 saturated carbocycles. The lowest BCUT2D eigenvalue weighted by atomic mass is 10.0. The van der Waals surface area contributed by atoms with Crippen LogP contribution in [0.3, 0.4) is 0 Å². The average molecular weight is 207 g/mol. The quantitative estimate of drug-likeness (QED) is 0.800. The fraction of sp³-hybridized carbons (Fsp3) is 0.636. The Morgan fingerprint density at radius 1 is 1.53 bits per heavy atom. The Balaban J connectivity index is 1.66. The summed E-state index contributed by atoms with van der Waals surface area (Å²) < 4.78 is 5.42. The highest BCUT2D eigenvalue weighted by molar-refractivity contribution is 4.98. The van der Waals surface area contributed by atoms with Gasteiger partial charge in [-0.15, -0.1) is 0 Å². The third-order valence-electron chi connectivity index (χ3n) is 2.62. The van der Waals surface area contributed by atoms with Gasteiger partial charge in [-0.2, -0.15) is 10.2 Å². The van der Waals surface area contributed by atoms with Crippen LogP contribution in [-0.4, -0.2) is 30.0 Å². The molecule has 1 aliphatic heterocycles. The molecule has 2 rings (SSSR count). The van der Waals surface area contributed by atoms with Gasteiger partial charge in [0.25, 0.3) is 0 Å². The summed E-state index contributed by atoms with van der Waals surface area (Å²) in [4.78, 5) is 0. The van der Waals surface area contributed by atoms with E-state index in [0.29, 0.717) is 5.92 Å². The molecular weight excluding hydrogens is 190 g/mol. The van der Waals surface area contributed by atoms with Gasteiger partial charge in [-0.3, -0.25) is 0 Å². The Hall–Kier alpha value is -1.00. The molecule has 4 heteroatoms. The minimum atomic E-state index is 0.662. The normalized spacial score (nSPS) is 21.5. The molecular formula is C11H17N3O. The van der Waals surface area contributed by atoms with E-state index in [0.717, 1.165) is 32.0 Å². The predicted molar refractivity (Wildman–Crippen MR) is 57.3 cm³/mol. The number of aromatic nitrogens is 2. The van der Waals surface area contributed by atoms with E-state index in [1.165, 1.54) is 12.8 Å². The Morgan fingerprint density at radius 2 is 2.53 bits per heavy atom. The molecule has 1 aromatic rings. The van der Waals surface area contributed by atoms with Gasteiger partial charge < -0.3 is 10.1 Å². The summed E-state index contributed by atoms with van der Waals surface area (Å²) in [6, 6.07) is 3.89. The molecule has 0 radical (unpaired) electrons. The van der Waals surface area contributed by atoms with Crippen LogP contribution in [0.1, 0.15) is 18.5 Å². The summed E-state index contributed by atoms with van der Waals surface area (Å²) >= 11 is 0. The molecule has 1 fully saturated rings. The van der Waals surface area contributed by atoms with Crippen LogP contribution in [0.25, 0.3) is 0 Å². The zero-order chi connectivity index (χ0) is 10.3. The first-order chi connectivity index (χ1) is 7.45. The van der Waals surface area contributed by atoms with E-state index in [2.05, 4.69) is 15.5 Å². The first kappa shape index (κ1) is 10.5. The molecule has 1 atom stereocenters.